The van der Waals surface area contributed by atoms with E-state index in [-0.39, 0.29) is 5.91 Å². The van der Waals surface area contributed by atoms with Crippen molar-refractivity contribution in [3.05, 3.63) is 0 Å². The molecule has 0 saturated heterocycles. The molecular weight excluding hydrogens is 242 g/mol. The lowest BCUT2D eigenvalue weighted by atomic mass is 9.89. The Hall–Kier alpha value is -0.0500. The maximum absolute atomic E-state index is 11.2. The van der Waals surface area contributed by atoms with E-state index in [1.165, 1.54) is 25.7 Å². The highest BCUT2D eigenvalue weighted by molar-refractivity contribution is 9.09. The topological polar surface area (TPSA) is 29.1 Å². The number of carbonyl (C=O) groups is 1. The van der Waals surface area contributed by atoms with Crippen LogP contribution in [0.2, 0.25) is 0 Å². The van der Waals surface area contributed by atoms with Crippen LogP contribution in [-0.4, -0.2) is 17.3 Å². The first-order valence-corrected chi connectivity index (χ1v) is 6.54. The summed E-state index contributed by atoms with van der Waals surface area (Å²) in [6.07, 6.45) is 6.64. The van der Waals surface area contributed by atoms with E-state index in [0.717, 1.165) is 13.0 Å². The highest BCUT2D eigenvalue weighted by atomic mass is 79.9. The van der Waals surface area contributed by atoms with Crippen LogP contribution in [0.1, 0.15) is 45.4 Å². The number of hydrogen-bond donors (Lipinski definition) is 1. The SMILES string of the molecule is CCCC(=O)NCC1CCC(Br)CC1. The van der Waals surface area contributed by atoms with Gasteiger partial charge in [0, 0.05) is 17.8 Å². The fourth-order valence-corrected chi connectivity index (χ4v) is 2.43. The molecule has 0 aromatic rings. The Balaban J connectivity index is 2.09. The van der Waals surface area contributed by atoms with Crippen molar-refractivity contribution in [2.24, 2.45) is 5.92 Å². The molecule has 0 atom stereocenters. The second kappa shape index (κ2) is 6.44. The average molecular weight is 262 g/mol. The van der Waals surface area contributed by atoms with Crippen LogP contribution in [0, 0.1) is 5.92 Å². The molecule has 1 fully saturated rings. The molecule has 0 heterocycles. The molecule has 2 nitrogen and oxygen atoms in total. The normalized spacial score (nSPS) is 27.3. The summed E-state index contributed by atoms with van der Waals surface area (Å²) in [7, 11) is 0. The highest BCUT2D eigenvalue weighted by Crippen LogP contribution is 2.28. The first-order chi connectivity index (χ1) is 6.72. The maximum Gasteiger partial charge on any atom is 0.219 e. The van der Waals surface area contributed by atoms with Crippen molar-refractivity contribution in [3.63, 3.8) is 0 Å². The number of hydrogen-bond acceptors (Lipinski definition) is 1. The van der Waals surface area contributed by atoms with Crippen LogP contribution in [0.15, 0.2) is 0 Å². The second-order valence-electron chi connectivity index (χ2n) is 4.17. The van der Waals surface area contributed by atoms with Gasteiger partial charge in [0.1, 0.15) is 0 Å². The Morgan fingerprint density at radius 3 is 2.57 bits per heavy atom. The van der Waals surface area contributed by atoms with E-state index in [1.807, 2.05) is 6.92 Å². The largest absolute Gasteiger partial charge is 0.356 e. The molecule has 1 aliphatic carbocycles. The van der Waals surface area contributed by atoms with Crippen molar-refractivity contribution in [3.8, 4) is 0 Å². The summed E-state index contributed by atoms with van der Waals surface area (Å²) < 4.78 is 0. The molecule has 0 radical (unpaired) electrons. The first-order valence-electron chi connectivity index (χ1n) is 5.63. The first kappa shape index (κ1) is 12.0. The summed E-state index contributed by atoms with van der Waals surface area (Å²) in [4.78, 5) is 11.9. The van der Waals surface area contributed by atoms with Gasteiger partial charge < -0.3 is 5.32 Å². The van der Waals surface area contributed by atoms with Crippen LogP contribution >= 0.6 is 15.9 Å². The Morgan fingerprint density at radius 2 is 2.00 bits per heavy atom. The van der Waals surface area contributed by atoms with Gasteiger partial charge in [0.25, 0.3) is 0 Å². The van der Waals surface area contributed by atoms with Gasteiger partial charge in [0.2, 0.25) is 5.91 Å². The molecular formula is C11H20BrNO. The molecule has 0 spiro atoms. The van der Waals surface area contributed by atoms with E-state index >= 15 is 0 Å². The predicted octanol–water partition coefficient (Wildman–Crippen LogP) is 2.86. The average Bonchev–Trinajstić information content (AvgIpc) is 2.17. The standard InChI is InChI=1S/C11H20BrNO/c1-2-3-11(14)13-8-9-4-6-10(12)7-5-9/h9-10H,2-8H2,1H3,(H,13,14). The van der Waals surface area contributed by atoms with Crippen LogP contribution in [0.5, 0.6) is 0 Å². The summed E-state index contributed by atoms with van der Waals surface area (Å²) in [5.41, 5.74) is 0. The van der Waals surface area contributed by atoms with Crippen molar-refractivity contribution in [2.45, 2.75) is 50.3 Å². The van der Waals surface area contributed by atoms with E-state index in [0.29, 0.717) is 17.2 Å². The van der Waals surface area contributed by atoms with E-state index in [2.05, 4.69) is 21.2 Å². The number of alkyl halides is 1. The van der Waals surface area contributed by atoms with Gasteiger partial charge in [0.05, 0.1) is 0 Å². The maximum atomic E-state index is 11.2. The van der Waals surface area contributed by atoms with Gasteiger partial charge in [0.15, 0.2) is 0 Å². The smallest absolute Gasteiger partial charge is 0.219 e. The molecule has 1 aliphatic rings. The van der Waals surface area contributed by atoms with E-state index < -0.39 is 0 Å². The molecule has 0 aliphatic heterocycles. The fourth-order valence-electron chi connectivity index (χ4n) is 1.90. The highest BCUT2D eigenvalue weighted by Gasteiger charge is 2.19. The van der Waals surface area contributed by atoms with Crippen molar-refractivity contribution >= 4 is 21.8 Å². The summed E-state index contributed by atoms with van der Waals surface area (Å²) in [6, 6.07) is 0. The number of amides is 1. The van der Waals surface area contributed by atoms with Crippen LogP contribution in [0.3, 0.4) is 0 Å². The minimum absolute atomic E-state index is 0.216. The Kier molecular flexibility index (Phi) is 5.53. The Labute approximate surface area is 95.0 Å². The number of nitrogens with one attached hydrogen (secondary N) is 1. The molecule has 3 heteroatoms. The molecule has 0 bridgehead atoms. The van der Waals surface area contributed by atoms with Gasteiger partial charge in [-0.1, -0.05) is 22.9 Å². The van der Waals surface area contributed by atoms with Crippen LogP contribution in [0.25, 0.3) is 0 Å². The third kappa shape index (κ3) is 4.45. The summed E-state index contributed by atoms with van der Waals surface area (Å²) >= 11 is 3.63. The van der Waals surface area contributed by atoms with Gasteiger partial charge in [-0.15, -0.1) is 0 Å². The Morgan fingerprint density at radius 1 is 1.36 bits per heavy atom. The number of halogens is 1. The summed E-state index contributed by atoms with van der Waals surface area (Å²) in [5.74, 6) is 0.929. The molecule has 14 heavy (non-hydrogen) atoms. The zero-order valence-corrected chi connectivity index (χ0v) is 10.5. The summed E-state index contributed by atoms with van der Waals surface area (Å²) in [6.45, 7) is 2.92. The minimum atomic E-state index is 0.216. The molecule has 0 aromatic carbocycles. The third-order valence-corrected chi connectivity index (χ3v) is 3.76. The van der Waals surface area contributed by atoms with Gasteiger partial charge in [-0.05, 0) is 38.0 Å². The fraction of sp³-hybridized carbons (Fsp3) is 0.909. The van der Waals surface area contributed by atoms with Gasteiger partial charge in [-0.25, -0.2) is 0 Å². The van der Waals surface area contributed by atoms with Crippen LogP contribution < -0.4 is 5.32 Å². The third-order valence-electron chi connectivity index (χ3n) is 2.84. The zero-order chi connectivity index (χ0) is 10.4. The van der Waals surface area contributed by atoms with Gasteiger partial charge in [-0.3, -0.25) is 4.79 Å². The zero-order valence-electron chi connectivity index (χ0n) is 8.89. The van der Waals surface area contributed by atoms with Crippen LogP contribution in [0.4, 0.5) is 0 Å². The van der Waals surface area contributed by atoms with Gasteiger partial charge >= 0.3 is 0 Å². The molecule has 1 amide bonds. The van der Waals surface area contributed by atoms with Gasteiger partial charge in [-0.2, -0.15) is 0 Å². The van der Waals surface area contributed by atoms with E-state index in [4.69, 9.17) is 0 Å². The lowest BCUT2D eigenvalue weighted by molar-refractivity contribution is -0.121. The van der Waals surface area contributed by atoms with E-state index in [1.54, 1.807) is 0 Å². The van der Waals surface area contributed by atoms with Crippen molar-refractivity contribution in [2.75, 3.05) is 6.54 Å². The van der Waals surface area contributed by atoms with Crippen molar-refractivity contribution < 1.29 is 4.79 Å². The molecule has 82 valence electrons. The molecule has 1 rings (SSSR count). The summed E-state index contributed by atoms with van der Waals surface area (Å²) in [5, 5.41) is 3.01. The number of carbonyl (C=O) groups excluding carboxylic acids is 1. The monoisotopic (exact) mass is 261 g/mol. The van der Waals surface area contributed by atoms with Crippen molar-refractivity contribution in [1.82, 2.24) is 5.32 Å². The minimum Gasteiger partial charge on any atom is -0.356 e. The lowest BCUT2D eigenvalue weighted by Gasteiger charge is -2.25. The Bertz CT molecular complexity index is 176. The van der Waals surface area contributed by atoms with Crippen LogP contribution in [-0.2, 0) is 4.79 Å². The predicted molar refractivity (Wildman–Crippen MR) is 62.6 cm³/mol. The molecule has 1 N–H and O–H groups in total. The molecule has 0 aromatic heterocycles. The van der Waals surface area contributed by atoms with Crippen molar-refractivity contribution in [1.29, 1.82) is 0 Å². The second-order valence-corrected chi connectivity index (χ2v) is 5.47. The lowest BCUT2D eigenvalue weighted by Crippen LogP contribution is -2.31. The molecule has 0 unspecified atom stereocenters. The number of rotatable bonds is 4. The van der Waals surface area contributed by atoms with E-state index in [9.17, 15) is 4.79 Å². The quantitative estimate of drug-likeness (QED) is 0.775. The molecule has 1 saturated carbocycles.